The number of nitrogens with zero attached hydrogens (tertiary/aromatic N) is 4. The van der Waals surface area contributed by atoms with Gasteiger partial charge in [-0.25, -0.2) is 0 Å². The highest BCUT2D eigenvalue weighted by Crippen LogP contribution is 2.45. The summed E-state index contributed by atoms with van der Waals surface area (Å²) in [6.07, 6.45) is 7.86. The van der Waals surface area contributed by atoms with E-state index >= 15 is 0 Å². The van der Waals surface area contributed by atoms with Gasteiger partial charge in [-0.1, -0.05) is 140 Å². The quantitative estimate of drug-likeness (QED) is 0.140. The zero-order chi connectivity index (χ0) is 36.6. The Balaban J connectivity index is 1.57. The molecule has 0 radical (unpaired) electrons. The summed E-state index contributed by atoms with van der Waals surface area (Å²) in [6, 6.07) is 49.4. The zero-order valence-corrected chi connectivity index (χ0v) is 29.4. The average Bonchev–Trinajstić information content (AvgIpc) is 3.73. The SMILES string of the molecule is CC(=O)n1nc(/C=C/c2ccccc2)c(C(c2ccccc2)c2c(/C=C/c3ccccc3)nn(C(C)=O)c2Nc2ccccc2)c1Nc1ccccc1. The molecule has 0 aliphatic rings. The van der Waals surface area contributed by atoms with Crippen LogP contribution in [0, 0.1) is 0 Å². The number of rotatable bonds is 11. The van der Waals surface area contributed by atoms with Gasteiger partial charge in [-0.2, -0.15) is 19.6 Å². The van der Waals surface area contributed by atoms with Crippen LogP contribution < -0.4 is 10.6 Å². The van der Waals surface area contributed by atoms with Gasteiger partial charge in [0.1, 0.15) is 11.6 Å². The number of para-hydroxylation sites is 2. The minimum absolute atomic E-state index is 0.262. The van der Waals surface area contributed by atoms with E-state index in [9.17, 15) is 9.59 Å². The summed E-state index contributed by atoms with van der Waals surface area (Å²) in [5, 5.41) is 17.0. The molecule has 53 heavy (non-hydrogen) atoms. The van der Waals surface area contributed by atoms with Crippen LogP contribution in [0.1, 0.15) is 68.6 Å². The average molecular weight is 695 g/mol. The van der Waals surface area contributed by atoms with E-state index in [0.717, 1.165) is 39.2 Å². The lowest BCUT2D eigenvalue weighted by Gasteiger charge is -2.22. The Morgan fingerprint density at radius 3 is 1.19 bits per heavy atom. The van der Waals surface area contributed by atoms with E-state index in [1.807, 2.05) is 164 Å². The second-order valence-corrected chi connectivity index (χ2v) is 12.5. The normalized spacial score (nSPS) is 11.4. The first kappa shape index (κ1) is 34.4. The topological polar surface area (TPSA) is 93.8 Å². The van der Waals surface area contributed by atoms with E-state index in [2.05, 4.69) is 22.8 Å². The number of carbonyl (C=O) groups is 2. The smallest absolute Gasteiger partial charge is 0.245 e. The lowest BCUT2D eigenvalue weighted by atomic mass is 9.83. The molecular weight excluding hydrogens is 657 g/mol. The molecule has 0 spiro atoms. The van der Waals surface area contributed by atoms with Gasteiger partial charge in [0, 0.05) is 42.3 Å². The van der Waals surface area contributed by atoms with Crippen molar-refractivity contribution in [3.63, 3.8) is 0 Å². The molecule has 8 heteroatoms. The molecule has 0 aliphatic heterocycles. The van der Waals surface area contributed by atoms with Crippen molar-refractivity contribution in [3.8, 4) is 0 Å². The van der Waals surface area contributed by atoms with Crippen LogP contribution in [0.2, 0.25) is 0 Å². The monoisotopic (exact) mass is 694 g/mol. The van der Waals surface area contributed by atoms with E-state index in [1.165, 1.54) is 23.2 Å². The predicted octanol–water partition coefficient (Wildman–Crippen LogP) is 10.4. The standard InChI is InChI=1S/C45H38N6O2/c1-32(52)50-44(46-37-24-14-6-15-25-37)42(39(48-50)30-28-34-18-8-3-9-19-34)41(36-22-12-5-13-23-36)43-40(31-29-35-20-10-4-11-21-35)49-51(33(2)53)45(43)47-38-26-16-7-17-27-38/h3-31,41,46-47H,1-2H3/b30-28+,31-29+. The maximum Gasteiger partial charge on any atom is 0.245 e. The van der Waals surface area contributed by atoms with E-state index in [-0.39, 0.29) is 11.8 Å². The fourth-order valence-electron chi connectivity index (χ4n) is 6.32. The fourth-order valence-corrected chi connectivity index (χ4v) is 6.32. The molecule has 0 amide bonds. The van der Waals surface area contributed by atoms with Crippen LogP contribution in [0.3, 0.4) is 0 Å². The van der Waals surface area contributed by atoms with Gasteiger partial charge in [0.2, 0.25) is 11.8 Å². The van der Waals surface area contributed by atoms with Gasteiger partial charge >= 0.3 is 0 Å². The number of hydrogen-bond donors (Lipinski definition) is 2. The van der Waals surface area contributed by atoms with Gasteiger partial charge in [0.05, 0.1) is 11.4 Å². The van der Waals surface area contributed by atoms with Gasteiger partial charge in [-0.3, -0.25) is 9.59 Å². The number of nitrogens with one attached hydrogen (secondary N) is 2. The Kier molecular flexibility index (Phi) is 10.3. The van der Waals surface area contributed by atoms with Crippen molar-refractivity contribution in [1.29, 1.82) is 0 Å². The number of aromatic nitrogens is 4. The Labute approximate surface area is 308 Å². The molecule has 0 aliphatic carbocycles. The highest BCUT2D eigenvalue weighted by molar-refractivity contribution is 5.88. The number of hydrogen-bond acceptors (Lipinski definition) is 6. The molecule has 2 heterocycles. The van der Waals surface area contributed by atoms with Crippen LogP contribution >= 0.6 is 0 Å². The Hall–Kier alpha value is -7.06. The van der Waals surface area contributed by atoms with Crippen LogP contribution in [0.5, 0.6) is 0 Å². The second-order valence-electron chi connectivity index (χ2n) is 12.5. The van der Waals surface area contributed by atoms with E-state index in [4.69, 9.17) is 10.2 Å². The van der Waals surface area contributed by atoms with Gasteiger partial charge in [-0.05, 0) is 53.1 Å². The number of carbonyl (C=O) groups excluding carboxylic acids is 2. The summed E-state index contributed by atoms with van der Waals surface area (Å²) in [5.41, 5.74) is 7.06. The second kappa shape index (κ2) is 15.9. The molecular formula is C45H38N6O2. The van der Waals surface area contributed by atoms with Gasteiger partial charge in [-0.15, -0.1) is 0 Å². The van der Waals surface area contributed by atoms with Crippen LogP contribution in [-0.2, 0) is 0 Å². The summed E-state index contributed by atoms with van der Waals surface area (Å²) in [5.74, 6) is -0.0983. The largest absolute Gasteiger partial charge is 0.340 e. The fraction of sp³-hybridized carbons (Fsp3) is 0.0667. The number of anilines is 4. The Morgan fingerprint density at radius 1 is 0.491 bits per heavy atom. The third-order valence-corrected chi connectivity index (χ3v) is 8.75. The molecule has 0 unspecified atom stereocenters. The molecule has 0 fully saturated rings. The van der Waals surface area contributed by atoms with Crippen molar-refractivity contribution in [2.24, 2.45) is 0 Å². The summed E-state index contributed by atoms with van der Waals surface area (Å²) >= 11 is 0. The predicted molar refractivity (Wildman–Crippen MR) is 215 cm³/mol. The lowest BCUT2D eigenvalue weighted by Crippen LogP contribution is -2.15. The zero-order valence-electron chi connectivity index (χ0n) is 29.4. The summed E-state index contributed by atoms with van der Waals surface area (Å²) in [6.45, 7) is 3.00. The van der Waals surface area contributed by atoms with Crippen LogP contribution in [-0.4, -0.2) is 31.4 Å². The maximum atomic E-state index is 13.5. The maximum absolute atomic E-state index is 13.5. The Bertz CT molecular complexity index is 2230. The molecule has 0 saturated carbocycles. The van der Waals surface area contributed by atoms with Crippen LogP contribution in [0.25, 0.3) is 24.3 Å². The van der Waals surface area contributed by atoms with Crippen LogP contribution in [0.4, 0.5) is 23.0 Å². The van der Waals surface area contributed by atoms with E-state index in [0.29, 0.717) is 23.0 Å². The first-order chi connectivity index (χ1) is 26.0. The Morgan fingerprint density at radius 2 is 0.830 bits per heavy atom. The third-order valence-electron chi connectivity index (χ3n) is 8.75. The first-order valence-electron chi connectivity index (χ1n) is 17.4. The van der Waals surface area contributed by atoms with Crippen molar-refractivity contribution in [2.75, 3.05) is 10.6 Å². The summed E-state index contributed by atoms with van der Waals surface area (Å²) in [4.78, 5) is 26.9. The first-order valence-corrected chi connectivity index (χ1v) is 17.4. The molecule has 8 nitrogen and oxygen atoms in total. The molecule has 0 bridgehead atoms. The van der Waals surface area contributed by atoms with E-state index < -0.39 is 5.92 Å². The molecule has 0 saturated heterocycles. The van der Waals surface area contributed by atoms with Crippen LogP contribution in [0.15, 0.2) is 152 Å². The molecule has 5 aromatic carbocycles. The summed E-state index contributed by atoms with van der Waals surface area (Å²) in [7, 11) is 0. The van der Waals surface area contributed by atoms with E-state index in [1.54, 1.807) is 0 Å². The molecule has 2 aromatic heterocycles. The third kappa shape index (κ3) is 7.82. The minimum atomic E-state index is -0.583. The highest BCUT2D eigenvalue weighted by atomic mass is 16.2. The van der Waals surface area contributed by atoms with Crippen molar-refractivity contribution in [3.05, 3.63) is 191 Å². The van der Waals surface area contributed by atoms with Crippen molar-refractivity contribution in [1.82, 2.24) is 19.6 Å². The van der Waals surface area contributed by atoms with Crippen molar-refractivity contribution in [2.45, 2.75) is 19.8 Å². The molecule has 0 atom stereocenters. The highest BCUT2D eigenvalue weighted by Gasteiger charge is 2.35. The van der Waals surface area contributed by atoms with Crippen molar-refractivity contribution >= 4 is 59.1 Å². The number of benzene rings is 5. The molecule has 7 rings (SSSR count). The molecule has 2 N–H and O–H groups in total. The lowest BCUT2D eigenvalue weighted by molar-refractivity contribution is 0.0915. The minimum Gasteiger partial charge on any atom is -0.340 e. The molecule has 7 aromatic rings. The summed E-state index contributed by atoms with van der Waals surface area (Å²) < 4.78 is 2.84. The van der Waals surface area contributed by atoms with Crippen molar-refractivity contribution < 1.29 is 9.59 Å². The molecule has 260 valence electrons. The van der Waals surface area contributed by atoms with Gasteiger partial charge in [0.15, 0.2) is 0 Å². The van der Waals surface area contributed by atoms with Gasteiger partial charge < -0.3 is 10.6 Å². The van der Waals surface area contributed by atoms with Gasteiger partial charge in [0.25, 0.3) is 0 Å².